The Hall–Kier alpha value is -3.90. The van der Waals surface area contributed by atoms with Crippen molar-refractivity contribution in [3.05, 3.63) is 60.3 Å². The number of nitrogens with one attached hydrogen (secondary N) is 2. The zero-order chi connectivity index (χ0) is 49.5. The lowest BCUT2D eigenvalue weighted by molar-refractivity contribution is -0.148. The molecular weight excluding hydrogens is 881 g/mol. The highest BCUT2D eigenvalue weighted by molar-refractivity contribution is 8.77. The molecule has 0 bridgehead atoms. The molecule has 2 aromatic rings. The fourth-order valence-corrected chi connectivity index (χ4v) is 10.6. The molecule has 1 aromatic carbocycles. The molecule has 5 amide bonds. The fraction of sp³-hybridized carbons (Fsp3) is 0.673. The minimum absolute atomic E-state index is 0.0326. The van der Waals surface area contributed by atoms with E-state index in [-0.39, 0.29) is 54.5 Å². The van der Waals surface area contributed by atoms with Crippen LogP contribution in [0.25, 0.3) is 0 Å². The molecule has 66 heavy (non-hydrogen) atoms. The van der Waals surface area contributed by atoms with Crippen LogP contribution in [-0.2, 0) is 33.4 Å². The van der Waals surface area contributed by atoms with Gasteiger partial charge in [-0.05, 0) is 79.9 Å². The highest BCUT2D eigenvalue weighted by Gasteiger charge is 2.44. The Morgan fingerprint density at radius 2 is 1.55 bits per heavy atom. The maximum absolute atomic E-state index is 14.6. The van der Waals surface area contributed by atoms with Crippen LogP contribution in [0, 0.1) is 23.7 Å². The van der Waals surface area contributed by atoms with Crippen molar-refractivity contribution >= 4 is 51.3 Å². The molecular formula is C49H78N6O9S2. The summed E-state index contributed by atoms with van der Waals surface area (Å²) in [7, 11) is 9.31. The molecule has 0 saturated carbocycles. The summed E-state index contributed by atoms with van der Waals surface area (Å²) in [6, 6.07) is 11.4. The number of nitrogens with zero attached hydrogens (tertiary/aromatic N) is 4. The predicted molar refractivity (Wildman–Crippen MR) is 261 cm³/mol. The van der Waals surface area contributed by atoms with Crippen LogP contribution in [0.1, 0.15) is 107 Å². The van der Waals surface area contributed by atoms with Crippen LogP contribution >= 0.6 is 21.6 Å². The molecule has 2 heterocycles. The Bertz CT molecular complexity index is 1840. The number of rotatable bonds is 25. The van der Waals surface area contributed by atoms with E-state index >= 15 is 0 Å². The Morgan fingerprint density at radius 1 is 0.894 bits per heavy atom. The summed E-state index contributed by atoms with van der Waals surface area (Å²) >= 11 is 0. The molecule has 17 heteroatoms. The number of benzene rings is 1. The number of pyridine rings is 1. The van der Waals surface area contributed by atoms with Gasteiger partial charge in [0, 0.05) is 41.1 Å². The highest BCUT2D eigenvalue weighted by atomic mass is 33.1. The minimum atomic E-state index is -0.957. The van der Waals surface area contributed by atoms with Crippen LogP contribution in [-0.4, -0.2) is 143 Å². The van der Waals surface area contributed by atoms with Crippen molar-refractivity contribution in [1.82, 2.24) is 30.3 Å². The maximum atomic E-state index is 14.6. The second-order valence-electron chi connectivity index (χ2n) is 18.9. The zero-order valence-electron chi connectivity index (χ0n) is 41.7. The Balaban J connectivity index is 1.73. The first kappa shape index (κ1) is 56.4. The predicted octanol–water partition coefficient (Wildman–Crippen LogP) is 6.99. The van der Waals surface area contributed by atoms with Gasteiger partial charge in [-0.1, -0.05) is 102 Å². The molecule has 1 fully saturated rings. The van der Waals surface area contributed by atoms with E-state index in [0.717, 1.165) is 11.4 Å². The number of ether oxygens (including phenoxy) is 3. The third-order valence-corrected chi connectivity index (χ3v) is 15.8. The van der Waals surface area contributed by atoms with Crippen LogP contribution in [0.5, 0.6) is 0 Å². The summed E-state index contributed by atoms with van der Waals surface area (Å²) in [5, 5.41) is 17.7. The average molecular weight is 959 g/mol. The van der Waals surface area contributed by atoms with Gasteiger partial charge in [0.05, 0.1) is 53.5 Å². The van der Waals surface area contributed by atoms with Crippen LogP contribution in [0.2, 0.25) is 0 Å². The van der Waals surface area contributed by atoms with Crippen LogP contribution in [0.4, 0.5) is 4.79 Å². The van der Waals surface area contributed by atoms with Gasteiger partial charge in [-0.2, -0.15) is 0 Å². The van der Waals surface area contributed by atoms with E-state index < -0.39 is 65.1 Å². The Morgan fingerprint density at radius 3 is 2.11 bits per heavy atom. The molecule has 1 saturated heterocycles. The number of methoxy groups -OCH3 is 2. The van der Waals surface area contributed by atoms with Gasteiger partial charge in [0.25, 0.3) is 0 Å². The van der Waals surface area contributed by atoms with E-state index in [4.69, 9.17) is 14.2 Å². The number of likely N-dealkylation sites (tertiary alicyclic amines) is 1. The normalized spacial score (nSPS) is 18.3. The van der Waals surface area contributed by atoms with Crippen molar-refractivity contribution in [2.24, 2.45) is 23.7 Å². The average Bonchev–Trinajstić information content (AvgIpc) is 3.78. The van der Waals surface area contributed by atoms with E-state index in [1.165, 1.54) is 40.6 Å². The quantitative estimate of drug-likeness (QED) is 0.0870. The van der Waals surface area contributed by atoms with E-state index in [2.05, 4.69) is 15.6 Å². The van der Waals surface area contributed by atoms with Crippen LogP contribution in [0.3, 0.4) is 0 Å². The van der Waals surface area contributed by atoms with E-state index in [1.54, 1.807) is 44.0 Å². The molecule has 3 rings (SSSR count). The number of carbonyl (C=O) groups excluding carboxylic acids is 5. The Labute approximate surface area is 402 Å². The number of amides is 5. The smallest absolute Gasteiger partial charge is 0.410 e. The standard InChI is InChI=1S/C49H78N6O9S2/c1-15-32(6)42(37(62-13)28-39(56)55-27-21-24-36(55)44(63-14)33(7)45(58)51-34(8)43(57)35-22-17-16-18-23-35)53(11)47(60)40(30(2)3)52-46(59)41(31(4)5)54(12)48(61)64-29-49(9,10)66-65-38-25-19-20-26-50-38/h16-20,22-23,25-26,30-34,36-37,40-44,57H,15,21,24,27-29H2,1-14H3,(H,51,58)(H,52,59)/t32-,33+,34+,36-,37+,40-,41-,42-,43+,44+/m0/s1. The number of aliphatic hydroxyl groups is 1. The monoisotopic (exact) mass is 959 g/mol. The van der Waals surface area contributed by atoms with Gasteiger partial charge in [-0.25, -0.2) is 9.78 Å². The molecule has 3 N–H and O–H groups in total. The first-order valence-corrected chi connectivity index (χ1v) is 25.4. The minimum Gasteiger partial charge on any atom is -0.448 e. The van der Waals surface area contributed by atoms with Crippen molar-refractivity contribution in [3.8, 4) is 0 Å². The summed E-state index contributed by atoms with van der Waals surface area (Å²) in [4.78, 5) is 79.2. The van der Waals surface area contributed by atoms with Gasteiger partial charge in [-0.3, -0.25) is 24.1 Å². The summed E-state index contributed by atoms with van der Waals surface area (Å²) in [6.07, 6.45) is 0.845. The number of aromatic nitrogens is 1. The van der Waals surface area contributed by atoms with Gasteiger partial charge in [0.2, 0.25) is 23.6 Å². The number of hydrogen-bond donors (Lipinski definition) is 3. The van der Waals surface area contributed by atoms with Crippen LogP contribution in [0.15, 0.2) is 59.8 Å². The maximum Gasteiger partial charge on any atom is 0.410 e. The van der Waals surface area contributed by atoms with Crippen molar-refractivity contribution in [2.75, 3.05) is 41.5 Å². The molecule has 10 atom stereocenters. The van der Waals surface area contributed by atoms with Crippen molar-refractivity contribution < 1.29 is 43.3 Å². The number of aliphatic hydroxyl groups excluding tert-OH is 1. The largest absolute Gasteiger partial charge is 0.448 e. The molecule has 15 nitrogen and oxygen atoms in total. The third-order valence-electron chi connectivity index (χ3n) is 12.6. The summed E-state index contributed by atoms with van der Waals surface area (Å²) in [6.45, 7) is 19.4. The first-order valence-electron chi connectivity index (χ1n) is 23.2. The summed E-state index contributed by atoms with van der Waals surface area (Å²) < 4.78 is 17.3. The fourth-order valence-electron chi connectivity index (χ4n) is 8.60. The highest BCUT2D eigenvalue weighted by Crippen LogP contribution is 2.40. The summed E-state index contributed by atoms with van der Waals surface area (Å²) in [5.74, 6) is -2.70. The van der Waals surface area contributed by atoms with Gasteiger partial charge in [0.15, 0.2) is 0 Å². The molecule has 0 radical (unpaired) electrons. The molecule has 370 valence electrons. The summed E-state index contributed by atoms with van der Waals surface area (Å²) in [5.41, 5.74) is 0.693. The van der Waals surface area contributed by atoms with Crippen LogP contribution < -0.4 is 10.6 Å². The molecule has 0 aliphatic carbocycles. The SMILES string of the molecule is CC[C@H](C)[C@@H]([C@@H](CC(=O)N1CCC[C@H]1[C@H](OC)[C@@H](C)C(=O)N[C@H](C)[C@@H](O)c1ccccc1)OC)N(C)C(=O)[C@@H](NC(=O)[C@H](C(C)C)N(C)C(=O)OCC(C)(C)SSc1ccccn1)C(C)C. The second-order valence-corrected chi connectivity index (χ2v) is 21.8. The number of carbonyl (C=O) groups is 5. The van der Waals surface area contributed by atoms with Crippen molar-refractivity contribution in [2.45, 2.75) is 153 Å². The van der Waals surface area contributed by atoms with E-state index in [1.807, 2.05) is 104 Å². The topological polar surface area (TPSA) is 180 Å². The van der Waals surface area contributed by atoms with E-state index in [0.29, 0.717) is 24.9 Å². The molecule has 1 aliphatic rings. The van der Waals surface area contributed by atoms with Gasteiger partial charge >= 0.3 is 6.09 Å². The molecule has 1 aromatic heterocycles. The molecule has 0 spiro atoms. The molecule has 0 unspecified atom stereocenters. The van der Waals surface area contributed by atoms with Gasteiger partial charge in [0.1, 0.15) is 23.7 Å². The first-order chi connectivity index (χ1) is 31.1. The number of likely N-dealkylation sites (N-methyl/N-ethyl adjacent to an activating group) is 2. The lowest BCUT2D eigenvalue weighted by Gasteiger charge is -2.41. The zero-order valence-corrected chi connectivity index (χ0v) is 43.3. The van der Waals surface area contributed by atoms with Gasteiger partial charge < -0.3 is 39.8 Å². The van der Waals surface area contributed by atoms with E-state index in [9.17, 15) is 29.1 Å². The van der Waals surface area contributed by atoms with Gasteiger partial charge in [-0.15, -0.1) is 0 Å². The Kier molecular flexibility index (Phi) is 22.7. The van der Waals surface area contributed by atoms with Crippen molar-refractivity contribution in [3.63, 3.8) is 0 Å². The second kappa shape index (κ2) is 26.6. The molecule has 1 aliphatic heterocycles. The lowest BCUT2D eigenvalue weighted by atomic mass is 9.89. The van der Waals surface area contributed by atoms with Crippen molar-refractivity contribution in [1.29, 1.82) is 0 Å². The third kappa shape index (κ3) is 15.6. The number of hydrogen-bond acceptors (Lipinski definition) is 12. The lowest BCUT2D eigenvalue weighted by Crippen LogP contribution is -2.60.